The molecule has 19 heavy (non-hydrogen) atoms. The van der Waals surface area contributed by atoms with E-state index in [1.807, 2.05) is 33.0 Å². The van der Waals surface area contributed by atoms with Crippen molar-refractivity contribution in [2.75, 3.05) is 6.54 Å². The molecule has 0 fully saturated rings. The molecule has 0 amide bonds. The highest BCUT2D eigenvalue weighted by Gasteiger charge is 2.07. The van der Waals surface area contributed by atoms with Crippen molar-refractivity contribution < 1.29 is 4.74 Å². The molecule has 0 saturated carbocycles. The van der Waals surface area contributed by atoms with Crippen LogP contribution in [0.4, 0.5) is 0 Å². The topological polar surface area (TPSA) is 52.0 Å². The molecule has 0 spiro atoms. The maximum absolute atomic E-state index is 5.79. The van der Waals surface area contributed by atoms with Gasteiger partial charge >= 0.3 is 0 Å². The fourth-order valence-corrected chi connectivity index (χ4v) is 1.92. The SMILES string of the molecule is CCNCc1cc(C)nc(Oc2cc(C)nn2C)c1. The lowest BCUT2D eigenvalue weighted by Crippen LogP contribution is -2.12. The molecule has 0 atom stereocenters. The molecule has 102 valence electrons. The van der Waals surface area contributed by atoms with Crippen molar-refractivity contribution in [1.29, 1.82) is 0 Å². The molecular formula is C14H20N4O. The summed E-state index contributed by atoms with van der Waals surface area (Å²) in [6.07, 6.45) is 0. The van der Waals surface area contributed by atoms with Gasteiger partial charge in [0.25, 0.3) is 0 Å². The Balaban J connectivity index is 2.20. The van der Waals surface area contributed by atoms with Gasteiger partial charge in [0.2, 0.25) is 11.8 Å². The van der Waals surface area contributed by atoms with Gasteiger partial charge in [0.05, 0.1) is 5.69 Å². The second-order valence-corrected chi connectivity index (χ2v) is 4.58. The maximum atomic E-state index is 5.79. The van der Waals surface area contributed by atoms with Crippen LogP contribution >= 0.6 is 0 Å². The lowest BCUT2D eigenvalue weighted by molar-refractivity contribution is 0.414. The van der Waals surface area contributed by atoms with Crippen molar-refractivity contribution in [2.24, 2.45) is 7.05 Å². The van der Waals surface area contributed by atoms with E-state index in [4.69, 9.17) is 4.74 Å². The Labute approximate surface area is 113 Å². The zero-order valence-corrected chi connectivity index (χ0v) is 11.9. The minimum Gasteiger partial charge on any atom is -0.421 e. The van der Waals surface area contributed by atoms with Gasteiger partial charge in [0.1, 0.15) is 0 Å². The first kappa shape index (κ1) is 13.5. The molecule has 2 heterocycles. The van der Waals surface area contributed by atoms with E-state index in [9.17, 15) is 0 Å². The minimum atomic E-state index is 0.607. The smallest absolute Gasteiger partial charge is 0.221 e. The molecule has 0 aliphatic rings. The second kappa shape index (κ2) is 5.84. The number of hydrogen-bond acceptors (Lipinski definition) is 4. The number of rotatable bonds is 5. The third kappa shape index (κ3) is 3.54. The molecule has 5 nitrogen and oxygen atoms in total. The number of nitrogens with one attached hydrogen (secondary N) is 1. The summed E-state index contributed by atoms with van der Waals surface area (Å²) in [6, 6.07) is 5.91. The Hall–Kier alpha value is -1.88. The minimum absolute atomic E-state index is 0.607. The summed E-state index contributed by atoms with van der Waals surface area (Å²) in [6.45, 7) is 7.76. The highest BCUT2D eigenvalue weighted by Crippen LogP contribution is 2.21. The lowest BCUT2D eigenvalue weighted by Gasteiger charge is -2.08. The van der Waals surface area contributed by atoms with Crippen LogP contribution in [0, 0.1) is 13.8 Å². The van der Waals surface area contributed by atoms with Crippen molar-refractivity contribution in [1.82, 2.24) is 20.1 Å². The first-order valence-corrected chi connectivity index (χ1v) is 6.45. The Bertz CT molecular complexity index is 563. The lowest BCUT2D eigenvalue weighted by atomic mass is 10.2. The van der Waals surface area contributed by atoms with E-state index in [1.165, 1.54) is 5.56 Å². The average Bonchev–Trinajstić information content (AvgIpc) is 2.64. The van der Waals surface area contributed by atoms with Gasteiger partial charge < -0.3 is 10.1 Å². The van der Waals surface area contributed by atoms with Crippen LogP contribution in [0.15, 0.2) is 18.2 Å². The first-order chi connectivity index (χ1) is 9.08. The molecular weight excluding hydrogens is 240 g/mol. The molecule has 2 aromatic heterocycles. The molecule has 5 heteroatoms. The van der Waals surface area contributed by atoms with Crippen LogP contribution in [0.3, 0.4) is 0 Å². The summed E-state index contributed by atoms with van der Waals surface area (Å²) < 4.78 is 7.50. The predicted octanol–water partition coefficient (Wildman–Crippen LogP) is 2.33. The van der Waals surface area contributed by atoms with E-state index in [2.05, 4.69) is 28.4 Å². The van der Waals surface area contributed by atoms with Gasteiger partial charge in [0, 0.05) is 31.4 Å². The molecule has 0 radical (unpaired) electrons. The van der Waals surface area contributed by atoms with Crippen molar-refractivity contribution in [2.45, 2.75) is 27.3 Å². The average molecular weight is 260 g/mol. The summed E-state index contributed by atoms with van der Waals surface area (Å²) in [5, 5.41) is 7.55. The van der Waals surface area contributed by atoms with Crippen molar-refractivity contribution in [3.8, 4) is 11.8 Å². The highest BCUT2D eigenvalue weighted by atomic mass is 16.5. The molecule has 0 bridgehead atoms. The maximum Gasteiger partial charge on any atom is 0.221 e. The second-order valence-electron chi connectivity index (χ2n) is 4.58. The fourth-order valence-electron chi connectivity index (χ4n) is 1.92. The number of nitrogens with zero attached hydrogens (tertiary/aromatic N) is 3. The Kier molecular flexibility index (Phi) is 4.16. The van der Waals surface area contributed by atoms with Gasteiger partial charge in [-0.25, -0.2) is 9.67 Å². The Morgan fingerprint density at radius 2 is 2.00 bits per heavy atom. The largest absolute Gasteiger partial charge is 0.421 e. The van der Waals surface area contributed by atoms with E-state index in [0.717, 1.165) is 24.5 Å². The van der Waals surface area contributed by atoms with Gasteiger partial charge in [0.15, 0.2) is 0 Å². The van der Waals surface area contributed by atoms with E-state index in [0.29, 0.717) is 11.8 Å². The third-order valence-corrected chi connectivity index (χ3v) is 2.74. The Morgan fingerprint density at radius 3 is 2.63 bits per heavy atom. The zero-order valence-electron chi connectivity index (χ0n) is 11.9. The Morgan fingerprint density at radius 1 is 1.21 bits per heavy atom. The summed E-state index contributed by atoms with van der Waals surface area (Å²) in [5.41, 5.74) is 3.05. The molecule has 0 saturated heterocycles. The van der Waals surface area contributed by atoms with Gasteiger partial charge in [-0.3, -0.25) is 0 Å². The number of ether oxygens (including phenoxy) is 1. The molecule has 2 aromatic rings. The van der Waals surface area contributed by atoms with Crippen molar-refractivity contribution >= 4 is 0 Å². The van der Waals surface area contributed by atoms with Crippen LogP contribution in [0.1, 0.15) is 23.9 Å². The summed E-state index contributed by atoms with van der Waals surface area (Å²) in [7, 11) is 1.86. The summed E-state index contributed by atoms with van der Waals surface area (Å²) in [4.78, 5) is 4.40. The van der Waals surface area contributed by atoms with E-state index in [-0.39, 0.29) is 0 Å². The van der Waals surface area contributed by atoms with E-state index >= 15 is 0 Å². The van der Waals surface area contributed by atoms with Crippen LogP contribution in [0.25, 0.3) is 0 Å². The number of hydrogen-bond donors (Lipinski definition) is 1. The zero-order chi connectivity index (χ0) is 13.8. The van der Waals surface area contributed by atoms with Crippen LogP contribution < -0.4 is 10.1 Å². The molecule has 2 rings (SSSR count). The van der Waals surface area contributed by atoms with Crippen LogP contribution in [-0.2, 0) is 13.6 Å². The number of aryl methyl sites for hydroxylation is 3. The standard InChI is InChI=1S/C14H20N4O/c1-5-15-9-12-6-10(2)16-13(8-12)19-14-7-11(3)17-18(14)4/h6-8,15H,5,9H2,1-4H3. The van der Waals surface area contributed by atoms with Crippen LogP contribution in [-0.4, -0.2) is 21.3 Å². The van der Waals surface area contributed by atoms with E-state index < -0.39 is 0 Å². The molecule has 0 aliphatic carbocycles. The van der Waals surface area contributed by atoms with Gasteiger partial charge in [-0.1, -0.05) is 6.92 Å². The first-order valence-electron chi connectivity index (χ1n) is 6.45. The quantitative estimate of drug-likeness (QED) is 0.896. The fraction of sp³-hybridized carbons (Fsp3) is 0.429. The van der Waals surface area contributed by atoms with Crippen LogP contribution in [0.2, 0.25) is 0 Å². The number of aromatic nitrogens is 3. The van der Waals surface area contributed by atoms with Gasteiger partial charge in [-0.15, -0.1) is 0 Å². The predicted molar refractivity (Wildman–Crippen MR) is 74.4 cm³/mol. The highest BCUT2D eigenvalue weighted by molar-refractivity contribution is 5.28. The molecule has 0 aliphatic heterocycles. The molecule has 1 N–H and O–H groups in total. The van der Waals surface area contributed by atoms with Crippen molar-refractivity contribution in [3.63, 3.8) is 0 Å². The van der Waals surface area contributed by atoms with Crippen LogP contribution in [0.5, 0.6) is 11.8 Å². The van der Waals surface area contributed by atoms with Crippen molar-refractivity contribution in [3.05, 3.63) is 35.2 Å². The molecule has 0 aromatic carbocycles. The number of pyridine rings is 1. The molecule has 0 unspecified atom stereocenters. The van der Waals surface area contributed by atoms with E-state index in [1.54, 1.807) is 4.68 Å². The van der Waals surface area contributed by atoms with Gasteiger partial charge in [-0.2, -0.15) is 5.10 Å². The summed E-state index contributed by atoms with van der Waals surface area (Å²) >= 11 is 0. The normalized spacial score (nSPS) is 10.7. The third-order valence-electron chi connectivity index (χ3n) is 2.74. The monoisotopic (exact) mass is 260 g/mol. The summed E-state index contributed by atoms with van der Waals surface area (Å²) in [5.74, 6) is 1.31. The van der Waals surface area contributed by atoms with Gasteiger partial charge in [-0.05, 0) is 32.0 Å².